The van der Waals surface area contributed by atoms with Gasteiger partial charge in [0.25, 0.3) is 11.8 Å². The predicted molar refractivity (Wildman–Crippen MR) is 135 cm³/mol. The lowest BCUT2D eigenvalue weighted by molar-refractivity contribution is -0.142. The lowest BCUT2D eigenvalue weighted by atomic mass is 10.1. The molecular weight excluding hydrogens is 456 g/mol. The molecule has 8 heteroatoms. The smallest absolute Gasteiger partial charge is 0.267 e. The first-order valence-corrected chi connectivity index (χ1v) is 12.1. The number of carbonyl (C=O) groups is 2. The molecule has 6 rings (SSSR count). The van der Waals surface area contributed by atoms with Crippen molar-refractivity contribution >= 4 is 22.8 Å². The van der Waals surface area contributed by atoms with Crippen LogP contribution in [-0.4, -0.2) is 70.1 Å². The van der Waals surface area contributed by atoms with Gasteiger partial charge in [-0.2, -0.15) is 0 Å². The lowest BCUT2D eigenvalue weighted by Crippen LogP contribution is -2.55. The SMILES string of the molecule is Cc1nc2cc(C(=O)N3CCN(C(=O)[C@@H]4COc5ccccc5O4)CC3)ccc2n1-c1ccccc1. The number of amides is 2. The number of para-hydroxylation sites is 3. The molecule has 3 aromatic carbocycles. The topological polar surface area (TPSA) is 76.9 Å². The minimum atomic E-state index is -0.674. The summed E-state index contributed by atoms with van der Waals surface area (Å²) in [7, 11) is 0. The number of aryl methyl sites for hydroxylation is 1. The van der Waals surface area contributed by atoms with Crippen LogP contribution in [0.4, 0.5) is 0 Å². The van der Waals surface area contributed by atoms with Crippen molar-refractivity contribution in [3.05, 3.63) is 84.2 Å². The second-order valence-electron chi connectivity index (χ2n) is 9.02. The second-order valence-corrected chi connectivity index (χ2v) is 9.02. The molecule has 2 aliphatic heterocycles. The summed E-state index contributed by atoms with van der Waals surface area (Å²) in [6.45, 7) is 3.98. The molecule has 1 fully saturated rings. The van der Waals surface area contributed by atoms with E-state index in [1.807, 2.05) is 73.7 Å². The van der Waals surface area contributed by atoms with Crippen molar-refractivity contribution in [1.82, 2.24) is 19.4 Å². The van der Waals surface area contributed by atoms with Gasteiger partial charge in [-0.3, -0.25) is 14.2 Å². The van der Waals surface area contributed by atoms with Crippen molar-refractivity contribution in [2.45, 2.75) is 13.0 Å². The third-order valence-electron chi connectivity index (χ3n) is 6.75. The van der Waals surface area contributed by atoms with E-state index in [1.54, 1.807) is 15.9 Å². The first-order valence-electron chi connectivity index (χ1n) is 12.1. The highest BCUT2D eigenvalue weighted by molar-refractivity contribution is 5.98. The molecule has 0 bridgehead atoms. The van der Waals surface area contributed by atoms with Gasteiger partial charge in [0.05, 0.1) is 11.0 Å². The van der Waals surface area contributed by atoms with Crippen LogP contribution in [0.5, 0.6) is 11.5 Å². The minimum absolute atomic E-state index is 0.0536. The fraction of sp³-hybridized carbons (Fsp3) is 0.250. The van der Waals surface area contributed by atoms with Gasteiger partial charge in [0, 0.05) is 37.4 Å². The van der Waals surface area contributed by atoms with Crippen molar-refractivity contribution in [1.29, 1.82) is 0 Å². The van der Waals surface area contributed by atoms with Crippen LogP contribution >= 0.6 is 0 Å². The summed E-state index contributed by atoms with van der Waals surface area (Å²) in [6.07, 6.45) is -0.674. The summed E-state index contributed by atoms with van der Waals surface area (Å²) < 4.78 is 13.7. The van der Waals surface area contributed by atoms with Crippen LogP contribution in [0.1, 0.15) is 16.2 Å². The molecule has 0 aliphatic carbocycles. The Kier molecular flexibility index (Phi) is 5.56. The summed E-state index contributed by atoms with van der Waals surface area (Å²) in [5.74, 6) is 1.93. The number of imidazole rings is 1. The second kappa shape index (κ2) is 9.03. The van der Waals surface area contributed by atoms with Crippen molar-refractivity contribution < 1.29 is 19.1 Å². The highest BCUT2D eigenvalue weighted by atomic mass is 16.6. The number of benzene rings is 3. The number of nitrogens with zero attached hydrogens (tertiary/aromatic N) is 4. The average Bonchev–Trinajstić information content (AvgIpc) is 3.27. The highest BCUT2D eigenvalue weighted by Crippen LogP contribution is 2.31. The molecule has 8 nitrogen and oxygen atoms in total. The largest absolute Gasteiger partial charge is 0.485 e. The fourth-order valence-electron chi connectivity index (χ4n) is 4.89. The summed E-state index contributed by atoms with van der Waals surface area (Å²) >= 11 is 0. The number of hydrogen-bond donors (Lipinski definition) is 0. The first-order chi connectivity index (χ1) is 17.6. The van der Waals surface area contributed by atoms with Gasteiger partial charge >= 0.3 is 0 Å². The molecule has 0 N–H and O–H groups in total. The number of hydrogen-bond acceptors (Lipinski definition) is 5. The van der Waals surface area contributed by atoms with Crippen molar-refractivity contribution in [3.8, 4) is 17.2 Å². The van der Waals surface area contributed by atoms with Gasteiger partial charge in [0.2, 0.25) is 6.10 Å². The molecule has 0 unspecified atom stereocenters. The van der Waals surface area contributed by atoms with E-state index in [2.05, 4.69) is 4.57 Å². The Morgan fingerprint density at radius 3 is 2.33 bits per heavy atom. The Labute approximate surface area is 208 Å². The van der Waals surface area contributed by atoms with E-state index in [-0.39, 0.29) is 18.4 Å². The molecule has 2 aliphatic rings. The fourth-order valence-corrected chi connectivity index (χ4v) is 4.89. The number of aromatic nitrogens is 2. The zero-order chi connectivity index (χ0) is 24.6. The average molecular weight is 483 g/mol. The summed E-state index contributed by atoms with van der Waals surface area (Å²) in [5.41, 5.74) is 3.38. The number of fused-ring (bicyclic) bond motifs is 2. The maximum absolute atomic E-state index is 13.3. The molecule has 1 aromatic heterocycles. The Bertz CT molecular complexity index is 1440. The standard InChI is InChI=1S/C28H26N4O4/c1-19-29-22-17-20(11-12-23(22)32(19)21-7-3-2-4-8-21)27(33)30-13-15-31(16-14-30)28(34)26-18-35-24-9-5-6-10-25(24)36-26/h2-12,17,26H,13-16,18H2,1H3/t26-/m0/s1. The maximum Gasteiger partial charge on any atom is 0.267 e. The monoisotopic (exact) mass is 482 g/mol. The van der Waals surface area contributed by atoms with Crippen LogP contribution in [0.15, 0.2) is 72.8 Å². The normalized spacial score (nSPS) is 17.3. The first kappa shape index (κ1) is 22.2. The molecule has 4 aromatic rings. The summed E-state index contributed by atoms with van der Waals surface area (Å²) in [4.78, 5) is 34.5. The van der Waals surface area contributed by atoms with Gasteiger partial charge < -0.3 is 19.3 Å². The van der Waals surface area contributed by atoms with E-state index in [4.69, 9.17) is 14.5 Å². The molecule has 1 atom stereocenters. The van der Waals surface area contributed by atoms with E-state index >= 15 is 0 Å². The Hall–Kier alpha value is -4.33. The van der Waals surface area contributed by atoms with Crippen LogP contribution in [-0.2, 0) is 4.79 Å². The van der Waals surface area contributed by atoms with Crippen LogP contribution < -0.4 is 9.47 Å². The van der Waals surface area contributed by atoms with Gasteiger partial charge in [0.1, 0.15) is 12.4 Å². The predicted octanol–water partition coefficient (Wildman–Crippen LogP) is 3.46. The molecule has 1 saturated heterocycles. The van der Waals surface area contributed by atoms with E-state index < -0.39 is 6.10 Å². The van der Waals surface area contributed by atoms with E-state index in [0.717, 1.165) is 22.5 Å². The number of piperazine rings is 1. The molecule has 0 saturated carbocycles. The maximum atomic E-state index is 13.3. The highest BCUT2D eigenvalue weighted by Gasteiger charge is 2.33. The zero-order valence-corrected chi connectivity index (χ0v) is 20.0. The van der Waals surface area contributed by atoms with E-state index in [0.29, 0.717) is 43.2 Å². The van der Waals surface area contributed by atoms with Crippen LogP contribution in [0, 0.1) is 6.92 Å². The number of ether oxygens (including phenoxy) is 2. The third kappa shape index (κ3) is 3.94. The zero-order valence-electron chi connectivity index (χ0n) is 20.0. The Morgan fingerprint density at radius 2 is 1.56 bits per heavy atom. The van der Waals surface area contributed by atoms with Gasteiger partial charge in [-0.15, -0.1) is 0 Å². The van der Waals surface area contributed by atoms with Gasteiger partial charge in [-0.05, 0) is 49.4 Å². The number of rotatable bonds is 3. The van der Waals surface area contributed by atoms with Crippen LogP contribution in [0.3, 0.4) is 0 Å². The quantitative estimate of drug-likeness (QED) is 0.447. The molecule has 0 spiro atoms. The number of carbonyl (C=O) groups excluding carboxylic acids is 2. The molecule has 36 heavy (non-hydrogen) atoms. The van der Waals surface area contributed by atoms with Crippen molar-refractivity contribution in [2.24, 2.45) is 0 Å². The molecule has 182 valence electrons. The van der Waals surface area contributed by atoms with Crippen molar-refractivity contribution in [2.75, 3.05) is 32.8 Å². The van der Waals surface area contributed by atoms with Gasteiger partial charge in [-0.1, -0.05) is 30.3 Å². The molecule has 2 amide bonds. The Morgan fingerprint density at radius 1 is 0.861 bits per heavy atom. The molecule has 3 heterocycles. The van der Waals surface area contributed by atoms with E-state index in [1.165, 1.54) is 0 Å². The third-order valence-corrected chi connectivity index (χ3v) is 6.75. The van der Waals surface area contributed by atoms with Crippen LogP contribution in [0.2, 0.25) is 0 Å². The molecular formula is C28H26N4O4. The summed E-state index contributed by atoms with van der Waals surface area (Å²) in [5, 5.41) is 0. The molecule has 0 radical (unpaired) electrons. The minimum Gasteiger partial charge on any atom is -0.485 e. The van der Waals surface area contributed by atoms with Crippen LogP contribution in [0.25, 0.3) is 16.7 Å². The van der Waals surface area contributed by atoms with Gasteiger partial charge in [-0.25, -0.2) is 4.98 Å². The Balaban J connectivity index is 1.12. The lowest BCUT2D eigenvalue weighted by Gasteiger charge is -2.37. The summed E-state index contributed by atoms with van der Waals surface area (Å²) in [6, 6.07) is 23.1. The van der Waals surface area contributed by atoms with E-state index in [9.17, 15) is 9.59 Å². The van der Waals surface area contributed by atoms with Crippen molar-refractivity contribution in [3.63, 3.8) is 0 Å². The van der Waals surface area contributed by atoms with Gasteiger partial charge in [0.15, 0.2) is 11.5 Å².